The minimum atomic E-state index is -0.585. The van der Waals surface area contributed by atoms with E-state index in [4.69, 9.17) is 9.15 Å². The molecule has 0 aliphatic carbocycles. The Labute approximate surface area is 182 Å². The van der Waals surface area contributed by atoms with Crippen LogP contribution in [0.1, 0.15) is 30.6 Å². The summed E-state index contributed by atoms with van der Waals surface area (Å²) in [5, 5.41) is 12.9. The maximum Gasteiger partial charge on any atom is 0.419 e. The van der Waals surface area contributed by atoms with Crippen molar-refractivity contribution < 1.29 is 18.9 Å². The molecule has 0 bridgehead atoms. The van der Waals surface area contributed by atoms with Crippen LogP contribution in [0.4, 0.5) is 5.69 Å². The van der Waals surface area contributed by atoms with Crippen molar-refractivity contribution in [2.45, 2.75) is 44.9 Å². The van der Waals surface area contributed by atoms with E-state index < -0.39 is 10.7 Å². The van der Waals surface area contributed by atoms with Crippen LogP contribution in [0.3, 0.4) is 0 Å². The van der Waals surface area contributed by atoms with E-state index >= 15 is 0 Å². The third kappa shape index (κ3) is 5.02. The number of aromatic nitrogens is 1. The number of carbonyl (C=O) groups excluding carboxylic acids is 1. The van der Waals surface area contributed by atoms with Crippen molar-refractivity contribution in [3.63, 3.8) is 0 Å². The Morgan fingerprint density at radius 2 is 2.23 bits per heavy atom. The standard InChI is InChI=1S/C21H23N3O6S/c25-20(22(13-16-4-2-10-29-16)14-17-5-3-11-31-17)6-1-9-23-18-8-7-15(24(27)28)12-19(18)30-21(23)26/h3,5,7-8,11-12,16H,1-2,4,6,9-10,13-14H2. The zero-order valence-electron chi connectivity index (χ0n) is 16.9. The second-order valence-corrected chi connectivity index (χ2v) is 8.55. The molecule has 3 aromatic rings. The lowest BCUT2D eigenvalue weighted by Crippen LogP contribution is -2.36. The molecule has 1 saturated heterocycles. The number of benzene rings is 1. The third-order valence-electron chi connectivity index (χ3n) is 5.36. The Kier molecular flexibility index (Phi) is 6.47. The third-order valence-corrected chi connectivity index (χ3v) is 6.22. The van der Waals surface area contributed by atoms with E-state index in [9.17, 15) is 19.7 Å². The molecule has 1 unspecified atom stereocenters. The number of hydrogen-bond acceptors (Lipinski definition) is 7. The number of fused-ring (bicyclic) bond motifs is 1. The fourth-order valence-corrected chi connectivity index (χ4v) is 4.53. The molecule has 1 amide bonds. The molecule has 1 aliphatic heterocycles. The van der Waals surface area contributed by atoms with Gasteiger partial charge in [-0.2, -0.15) is 0 Å². The van der Waals surface area contributed by atoms with Gasteiger partial charge in [0, 0.05) is 37.1 Å². The lowest BCUT2D eigenvalue weighted by Gasteiger charge is -2.25. The summed E-state index contributed by atoms with van der Waals surface area (Å²) in [4.78, 5) is 38.5. The summed E-state index contributed by atoms with van der Waals surface area (Å²) < 4.78 is 12.3. The first-order chi connectivity index (χ1) is 15.0. The number of rotatable bonds is 9. The lowest BCUT2D eigenvalue weighted by molar-refractivity contribution is -0.384. The Hall–Kier alpha value is -2.98. The molecule has 1 aliphatic rings. The highest BCUT2D eigenvalue weighted by Crippen LogP contribution is 2.21. The first-order valence-electron chi connectivity index (χ1n) is 10.2. The zero-order chi connectivity index (χ0) is 21.8. The zero-order valence-corrected chi connectivity index (χ0v) is 17.7. The van der Waals surface area contributed by atoms with Crippen molar-refractivity contribution >= 4 is 34.0 Å². The first-order valence-corrected chi connectivity index (χ1v) is 11.1. The number of amides is 1. The van der Waals surface area contributed by atoms with Gasteiger partial charge in [-0.1, -0.05) is 6.07 Å². The summed E-state index contributed by atoms with van der Waals surface area (Å²) >= 11 is 1.61. The van der Waals surface area contributed by atoms with Gasteiger partial charge in [-0.05, 0) is 36.8 Å². The summed E-state index contributed by atoms with van der Waals surface area (Å²) in [5.41, 5.74) is 0.517. The molecular formula is C21H23N3O6S. The van der Waals surface area contributed by atoms with E-state index in [2.05, 4.69) is 0 Å². The highest BCUT2D eigenvalue weighted by Gasteiger charge is 2.23. The van der Waals surface area contributed by atoms with Crippen LogP contribution >= 0.6 is 11.3 Å². The first kappa shape index (κ1) is 21.3. The number of nitrogens with zero attached hydrogens (tertiary/aromatic N) is 3. The van der Waals surface area contributed by atoms with E-state index in [1.54, 1.807) is 11.3 Å². The van der Waals surface area contributed by atoms with Crippen LogP contribution in [0.2, 0.25) is 0 Å². The Balaban J connectivity index is 1.41. The largest absolute Gasteiger partial charge is 0.419 e. The van der Waals surface area contributed by atoms with Gasteiger partial charge in [0.25, 0.3) is 5.69 Å². The van der Waals surface area contributed by atoms with Gasteiger partial charge in [-0.3, -0.25) is 19.5 Å². The maximum absolute atomic E-state index is 12.9. The summed E-state index contributed by atoms with van der Waals surface area (Å²) in [6.07, 6.45) is 2.78. The van der Waals surface area contributed by atoms with Crippen molar-refractivity contribution in [1.82, 2.24) is 9.47 Å². The van der Waals surface area contributed by atoms with Gasteiger partial charge in [0.15, 0.2) is 5.58 Å². The Morgan fingerprint density at radius 1 is 1.35 bits per heavy atom. The van der Waals surface area contributed by atoms with E-state index in [1.807, 2.05) is 22.4 Å². The number of nitro benzene ring substituents is 1. The number of ether oxygens (including phenoxy) is 1. The minimum absolute atomic E-state index is 0.0142. The molecule has 1 aromatic carbocycles. The highest BCUT2D eigenvalue weighted by molar-refractivity contribution is 7.09. The molecule has 9 nitrogen and oxygen atoms in total. The fraction of sp³-hybridized carbons (Fsp3) is 0.429. The maximum atomic E-state index is 12.9. The van der Waals surface area contributed by atoms with E-state index in [1.165, 1.54) is 22.8 Å². The Morgan fingerprint density at radius 3 is 2.94 bits per heavy atom. The van der Waals surface area contributed by atoms with Crippen molar-refractivity contribution in [2.24, 2.45) is 0 Å². The molecule has 0 saturated carbocycles. The molecule has 31 heavy (non-hydrogen) atoms. The number of carbonyl (C=O) groups is 1. The lowest BCUT2D eigenvalue weighted by atomic mass is 10.2. The number of hydrogen-bond donors (Lipinski definition) is 0. The van der Waals surface area contributed by atoms with Gasteiger partial charge in [0.05, 0.1) is 29.2 Å². The monoisotopic (exact) mass is 445 g/mol. The van der Waals surface area contributed by atoms with Crippen LogP contribution in [0, 0.1) is 10.1 Å². The highest BCUT2D eigenvalue weighted by atomic mass is 32.1. The van der Waals surface area contributed by atoms with Crippen LogP contribution in [0.15, 0.2) is 44.9 Å². The van der Waals surface area contributed by atoms with Crippen molar-refractivity contribution in [3.8, 4) is 0 Å². The molecule has 10 heteroatoms. The summed E-state index contributed by atoms with van der Waals surface area (Å²) in [6, 6.07) is 8.05. The number of non-ortho nitro benzene ring substituents is 1. The van der Waals surface area contributed by atoms with Gasteiger partial charge < -0.3 is 14.1 Å². The van der Waals surface area contributed by atoms with Crippen LogP contribution in [-0.4, -0.2) is 39.6 Å². The van der Waals surface area contributed by atoms with E-state index in [-0.39, 0.29) is 29.7 Å². The average Bonchev–Trinajstić information content (AvgIpc) is 3.49. The molecule has 1 atom stereocenters. The molecule has 0 N–H and O–H groups in total. The number of nitro groups is 1. The number of thiophene rings is 1. The predicted octanol–water partition coefficient (Wildman–Crippen LogP) is 3.55. The molecule has 0 spiro atoms. The predicted molar refractivity (Wildman–Crippen MR) is 115 cm³/mol. The van der Waals surface area contributed by atoms with Gasteiger partial charge in [0.2, 0.25) is 5.91 Å². The molecular weight excluding hydrogens is 422 g/mol. The molecule has 0 radical (unpaired) electrons. The number of oxazole rings is 1. The minimum Gasteiger partial charge on any atom is -0.407 e. The topological polar surface area (TPSA) is 108 Å². The van der Waals surface area contributed by atoms with Crippen LogP contribution in [0.5, 0.6) is 0 Å². The second kappa shape index (κ2) is 9.44. The summed E-state index contributed by atoms with van der Waals surface area (Å²) in [6.45, 7) is 2.14. The molecule has 4 rings (SSSR count). The smallest absolute Gasteiger partial charge is 0.407 e. The molecule has 2 aromatic heterocycles. The van der Waals surface area contributed by atoms with Crippen molar-refractivity contribution in [2.75, 3.05) is 13.2 Å². The van der Waals surface area contributed by atoms with Crippen LogP contribution in [0.25, 0.3) is 11.1 Å². The van der Waals surface area contributed by atoms with Crippen molar-refractivity contribution in [3.05, 3.63) is 61.3 Å². The normalized spacial score (nSPS) is 16.1. The van der Waals surface area contributed by atoms with Crippen LogP contribution < -0.4 is 5.76 Å². The second-order valence-electron chi connectivity index (χ2n) is 7.52. The average molecular weight is 445 g/mol. The quantitative estimate of drug-likeness (QED) is 0.368. The van der Waals surface area contributed by atoms with Gasteiger partial charge in [-0.25, -0.2) is 4.79 Å². The Bertz CT molecular complexity index is 1110. The van der Waals surface area contributed by atoms with E-state index in [0.29, 0.717) is 31.6 Å². The fourth-order valence-electron chi connectivity index (χ4n) is 3.81. The van der Waals surface area contributed by atoms with Crippen molar-refractivity contribution in [1.29, 1.82) is 0 Å². The molecule has 3 heterocycles. The molecule has 164 valence electrons. The van der Waals surface area contributed by atoms with E-state index in [0.717, 1.165) is 24.3 Å². The SMILES string of the molecule is O=C(CCCn1c(=O)oc2cc([N+](=O)[O-])ccc21)N(Cc1cccs1)CC1CCCO1. The van der Waals surface area contributed by atoms with Gasteiger partial charge in [-0.15, -0.1) is 11.3 Å². The number of aryl methyl sites for hydroxylation is 1. The summed E-state index contributed by atoms with van der Waals surface area (Å²) in [5.74, 6) is -0.571. The van der Waals surface area contributed by atoms with Gasteiger partial charge in [0.1, 0.15) is 0 Å². The van der Waals surface area contributed by atoms with Crippen LogP contribution in [-0.2, 0) is 22.6 Å². The molecule has 1 fully saturated rings. The van der Waals surface area contributed by atoms with Gasteiger partial charge >= 0.3 is 5.76 Å². The summed E-state index contributed by atoms with van der Waals surface area (Å²) in [7, 11) is 0.